The van der Waals surface area contributed by atoms with E-state index in [0.717, 1.165) is 0 Å². The molecule has 1 aromatic heterocycles. The molecule has 0 saturated carbocycles. The van der Waals surface area contributed by atoms with Crippen LogP contribution >= 0.6 is 12.6 Å². The Morgan fingerprint density at radius 3 is 3.08 bits per heavy atom. The summed E-state index contributed by atoms with van der Waals surface area (Å²) in [7, 11) is 0. The van der Waals surface area contributed by atoms with Gasteiger partial charge in [0.15, 0.2) is 0 Å². The quantitative estimate of drug-likeness (QED) is 0.527. The highest BCUT2D eigenvalue weighted by Gasteiger charge is 2.06. The van der Waals surface area contributed by atoms with Crippen LogP contribution in [-0.4, -0.2) is 21.4 Å². The van der Waals surface area contributed by atoms with Crippen LogP contribution in [0.2, 0.25) is 0 Å². The first-order valence-corrected chi connectivity index (χ1v) is 3.84. The van der Waals surface area contributed by atoms with Crippen LogP contribution in [0.4, 0.5) is 0 Å². The van der Waals surface area contributed by atoms with Crippen LogP contribution in [0, 0.1) is 0 Å². The standard InChI is InChI=1S/C6H7N3O2S/c1-4(10)11-6-5(3-12)2-7-9-8-6/h2,12H,3H2,1H3. The molecule has 0 unspecified atom stereocenters. The lowest BCUT2D eigenvalue weighted by molar-refractivity contribution is -0.132. The van der Waals surface area contributed by atoms with Gasteiger partial charge in [-0.05, 0) is 5.21 Å². The van der Waals surface area contributed by atoms with Crippen LogP contribution in [0.15, 0.2) is 6.20 Å². The summed E-state index contributed by atoms with van der Waals surface area (Å²) in [6.07, 6.45) is 1.46. The fourth-order valence-electron chi connectivity index (χ4n) is 0.612. The molecule has 0 spiro atoms. The number of thiol groups is 1. The second-order valence-electron chi connectivity index (χ2n) is 2.02. The predicted octanol–water partition coefficient (Wildman–Crippen LogP) is 0.227. The molecule has 0 atom stereocenters. The van der Waals surface area contributed by atoms with Crippen molar-refractivity contribution >= 4 is 18.6 Å². The van der Waals surface area contributed by atoms with Crippen molar-refractivity contribution in [2.24, 2.45) is 0 Å². The van der Waals surface area contributed by atoms with Crippen LogP contribution in [0.5, 0.6) is 5.88 Å². The first-order chi connectivity index (χ1) is 5.74. The Hall–Kier alpha value is -1.17. The highest BCUT2D eigenvalue weighted by molar-refractivity contribution is 7.79. The number of esters is 1. The number of nitrogens with zero attached hydrogens (tertiary/aromatic N) is 3. The van der Waals surface area contributed by atoms with Gasteiger partial charge in [0.2, 0.25) is 5.88 Å². The molecular weight excluding hydrogens is 178 g/mol. The summed E-state index contributed by atoms with van der Waals surface area (Å²) >= 11 is 4.00. The van der Waals surface area contributed by atoms with Crippen molar-refractivity contribution in [2.75, 3.05) is 0 Å². The van der Waals surface area contributed by atoms with Crippen molar-refractivity contribution in [1.29, 1.82) is 0 Å². The lowest BCUT2D eigenvalue weighted by atomic mass is 10.4. The van der Waals surface area contributed by atoms with E-state index in [2.05, 4.69) is 28.0 Å². The van der Waals surface area contributed by atoms with Crippen molar-refractivity contribution in [3.8, 4) is 5.88 Å². The largest absolute Gasteiger partial charge is 0.406 e. The molecule has 0 N–H and O–H groups in total. The van der Waals surface area contributed by atoms with Gasteiger partial charge in [0, 0.05) is 18.2 Å². The van der Waals surface area contributed by atoms with Crippen LogP contribution < -0.4 is 4.74 Å². The molecule has 0 bridgehead atoms. The van der Waals surface area contributed by atoms with E-state index in [1.165, 1.54) is 13.1 Å². The van der Waals surface area contributed by atoms with Gasteiger partial charge in [-0.3, -0.25) is 4.79 Å². The summed E-state index contributed by atoms with van der Waals surface area (Å²) in [6.45, 7) is 1.30. The van der Waals surface area contributed by atoms with Gasteiger partial charge in [-0.1, -0.05) is 5.10 Å². The zero-order valence-corrected chi connectivity index (χ0v) is 7.28. The molecule has 12 heavy (non-hydrogen) atoms. The van der Waals surface area contributed by atoms with Gasteiger partial charge in [0.1, 0.15) is 0 Å². The fourth-order valence-corrected chi connectivity index (χ4v) is 0.829. The zero-order chi connectivity index (χ0) is 8.97. The van der Waals surface area contributed by atoms with Crippen molar-refractivity contribution in [2.45, 2.75) is 12.7 Å². The van der Waals surface area contributed by atoms with Gasteiger partial charge in [-0.2, -0.15) is 12.6 Å². The maximum absolute atomic E-state index is 10.5. The molecule has 0 radical (unpaired) electrons. The predicted molar refractivity (Wildman–Crippen MR) is 43.8 cm³/mol. The van der Waals surface area contributed by atoms with Gasteiger partial charge >= 0.3 is 5.97 Å². The molecule has 64 valence electrons. The minimum Gasteiger partial charge on any atom is -0.406 e. The van der Waals surface area contributed by atoms with Crippen molar-refractivity contribution in [3.05, 3.63) is 11.8 Å². The second-order valence-corrected chi connectivity index (χ2v) is 2.33. The van der Waals surface area contributed by atoms with Crippen molar-refractivity contribution < 1.29 is 9.53 Å². The smallest absolute Gasteiger partial charge is 0.309 e. The average molecular weight is 185 g/mol. The zero-order valence-electron chi connectivity index (χ0n) is 6.39. The third-order valence-corrected chi connectivity index (χ3v) is 1.43. The molecule has 6 heteroatoms. The van der Waals surface area contributed by atoms with Crippen molar-refractivity contribution in [1.82, 2.24) is 15.4 Å². The Morgan fingerprint density at radius 1 is 1.75 bits per heavy atom. The SMILES string of the molecule is CC(=O)Oc1nnncc1CS. The molecule has 1 aromatic rings. The lowest BCUT2D eigenvalue weighted by Crippen LogP contribution is -2.06. The Labute approximate surface area is 74.6 Å². The maximum Gasteiger partial charge on any atom is 0.309 e. The Morgan fingerprint density at radius 2 is 2.50 bits per heavy atom. The normalized spacial score (nSPS) is 9.50. The fraction of sp³-hybridized carbons (Fsp3) is 0.333. The first kappa shape index (κ1) is 8.92. The Bertz CT molecular complexity index is 292. The molecular formula is C6H7N3O2S. The molecule has 1 rings (SSSR count). The summed E-state index contributed by atoms with van der Waals surface area (Å²) in [6, 6.07) is 0. The van der Waals surface area contributed by atoms with Crippen molar-refractivity contribution in [3.63, 3.8) is 0 Å². The summed E-state index contributed by atoms with van der Waals surface area (Å²) in [5.74, 6) is 0.150. The number of rotatable bonds is 2. The van der Waals surface area contributed by atoms with E-state index in [1.54, 1.807) is 0 Å². The molecule has 0 fully saturated rings. The van der Waals surface area contributed by atoms with Crippen LogP contribution in [0.3, 0.4) is 0 Å². The average Bonchev–Trinajstić information content (AvgIpc) is 2.04. The number of hydrogen-bond acceptors (Lipinski definition) is 6. The molecule has 0 saturated heterocycles. The summed E-state index contributed by atoms with van der Waals surface area (Å²) < 4.78 is 4.73. The Balaban J connectivity index is 2.89. The van der Waals surface area contributed by atoms with Crippen LogP contribution in [0.1, 0.15) is 12.5 Å². The monoisotopic (exact) mass is 185 g/mol. The number of ether oxygens (including phenoxy) is 1. The lowest BCUT2D eigenvalue weighted by Gasteiger charge is -2.01. The van der Waals surface area contributed by atoms with E-state index in [9.17, 15) is 4.79 Å². The number of carbonyl (C=O) groups is 1. The highest BCUT2D eigenvalue weighted by atomic mass is 32.1. The van der Waals surface area contributed by atoms with Gasteiger partial charge in [0.25, 0.3) is 0 Å². The highest BCUT2D eigenvalue weighted by Crippen LogP contribution is 2.13. The molecule has 1 heterocycles. The molecule has 0 aliphatic carbocycles. The summed E-state index contributed by atoms with van der Waals surface area (Å²) in [5, 5.41) is 10.4. The van der Waals surface area contributed by atoms with E-state index in [0.29, 0.717) is 11.3 Å². The van der Waals surface area contributed by atoms with E-state index >= 15 is 0 Å². The third kappa shape index (κ3) is 2.16. The summed E-state index contributed by atoms with van der Waals surface area (Å²) in [5.41, 5.74) is 0.642. The molecule has 0 aliphatic rings. The third-order valence-electron chi connectivity index (χ3n) is 1.09. The number of hydrogen-bond donors (Lipinski definition) is 1. The number of carbonyl (C=O) groups excluding carboxylic acids is 1. The second kappa shape index (κ2) is 4.01. The Kier molecular flexibility index (Phi) is 2.98. The van der Waals surface area contributed by atoms with Gasteiger partial charge < -0.3 is 4.74 Å². The molecule has 0 aliphatic heterocycles. The van der Waals surface area contributed by atoms with E-state index in [-0.39, 0.29) is 5.88 Å². The van der Waals surface area contributed by atoms with Gasteiger partial charge in [-0.15, -0.1) is 5.10 Å². The molecule has 5 nitrogen and oxygen atoms in total. The molecule has 0 aromatic carbocycles. The molecule has 0 amide bonds. The van der Waals surface area contributed by atoms with E-state index in [4.69, 9.17) is 4.74 Å². The summed E-state index contributed by atoms with van der Waals surface area (Å²) in [4.78, 5) is 10.5. The van der Waals surface area contributed by atoms with Crippen LogP contribution in [-0.2, 0) is 10.5 Å². The minimum atomic E-state index is -0.432. The first-order valence-electron chi connectivity index (χ1n) is 3.20. The number of aromatic nitrogens is 3. The van der Waals surface area contributed by atoms with Gasteiger partial charge in [-0.25, -0.2) is 0 Å². The topological polar surface area (TPSA) is 65.0 Å². The van der Waals surface area contributed by atoms with E-state index < -0.39 is 5.97 Å². The minimum absolute atomic E-state index is 0.174. The maximum atomic E-state index is 10.5. The van der Waals surface area contributed by atoms with Crippen LogP contribution in [0.25, 0.3) is 0 Å². The van der Waals surface area contributed by atoms with E-state index in [1.807, 2.05) is 0 Å². The van der Waals surface area contributed by atoms with Gasteiger partial charge in [0.05, 0.1) is 6.20 Å².